The fourth-order valence-corrected chi connectivity index (χ4v) is 2.24. The van der Waals surface area contributed by atoms with Crippen LogP contribution in [0, 0.1) is 0 Å². The zero-order valence-electron chi connectivity index (χ0n) is 9.48. The van der Waals surface area contributed by atoms with Gasteiger partial charge in [-0.2, -0.15) is 0 Å². The smallest absolute Gasteiger partial charge is 0.142 e. The van der Waals surface area contributed by atoms with Crippen LogP contribution in [-0.2, 0) is 0 Å². The molecular weight excluding hydrogens is 212 g/mol. The Morgan fingerprint density at radius 2 is 2.24 bits per heavy atom. The maximum Gasteiger partial charge on any atom is 0.142 e. The van der Waals surface area contributed by atoms with Crippen LogP contribution in [0.2, 0.25) is 0 Å². The summed E-state index contributed by atoms with van der Waals surface area (Å²) < 4.78 is 0. The number of fused-ring (bicyclic) bond motifs is 1. The van der Waals surface area contributed by atoms with Crippen LogP contribution >= 0.6 is 0 Å². The summed E-state index contributed by atoms with van der Waals surface area (Å²) in [6.45, 7) is 1.90. The van der Waals surface area contributed by atoms with E-state index in [1.165, 1.54) is 5.57 Å². The topological polar surface area (TPSA) is 45.1 Å². The molecule has 0 aliphatic carbocycles. The molecule has 0 spiro atoms. The van der Waals surface area contributed by atoms with E-state index < -0.39 is 0 Å². The fourth-order valence-electron chi connectivity index (χ4n) is 2.24. The van der Waals surface area contributed by atoms with Crippen molar-refractivity contribution in [1.29, 1.82) is 0 Å². The van der Waals surface area contributed by atoms with Gasteiger partial charge in [-0.05, 0) is 42.3 Å². The Hall–Kier alpha value is -1.87. The molecule has 86 valence electrons. The summed E-state index contributed by atoms with van der Waals surface area (Å²) in [5.74, 6) is 0.262. The van der Waals surface area contributed by atoms with Gasteiger partial charge in [-0.25, -0.2) is 0 Å². The molecule has 0 saturated heterocycles. The highest BCUT2D eigenvalue weighted by Gasteiger charge is 2.09. The molecule has 17 heavy (non-hydrogen) atoms. The van der Waals surface area contributed by atoms with Crippen LogP contribution in [0.1, 0.15) is 12.0 Å². The van der Waals surface area contributed by atoms with Gasteiger partial charge in [-0.3, -0.25) is 4.98 Å². The summed E-state index contributed by atoms with van der Waals surface area (Å²) >= 11 is 0. The normalized spacial score (nSPS) is 15.9. The third-order valence-corrected chi connectivity index (χ3v) is 3.12. The van der Waals surface area contributed by atoms with Crippen molar-refractivity contribution in [2.45, 2.75) is 6.42 Å². The molecule has 3 heteroatoms. The van der Waals surface area contributed by atoms with E-state index in [0.29, 0.717) is 5.52 Å². The van der Waals surface area contributed by atoms with Gasteiger partial charge in [0.1, 0.15) is 11.3 Å². The van der Waals surface area contributed by atoms with E-state index in [1.54, 1.807) is 6.20 Å². The van der Waals surface area contributed by atoms with Crippen molar-refractivity contribution in [2.75, 3.05) is 13.1 Å². The lowest BCUT2D eigenvalue weighted by Crippen LogP contribution is -2.19. The first-order valence-corrected chi connectivity index (χ1v) is 5.82. The Balaban J connectivity index is 2.15. The molecule has 0 unspecified atom stereocenters. The number of benzene rings is 1. The number of phenolic OH excluding ortho intramolecular Hbond substituents is 1. The zero-order chi connectivity index (χ0) is 11.7. The molecule has 2 aromatic rings. The minimum Gasteiger partial charge on any atom is -0.506 e. The number of hydrogen-bond donors (Lipinski definition) is 2. The minimum atomic E-state index is 0.262. The zero-order valence-corrected chi connectivity index (χ0v) is 9.48. The van der Waals surface area contributed by atoms with Crippen LogP contribution in [0.15, 0.2) is 36.5 Å². The highest BCUT2D eigenvalue weighted by Crippen LogP contribution is 2.29. The molecule has 3 nitrogen and oxygen atoms in total. The molecule has 1 aromatic carbocycles. The van der Waals surface area contributed by atoms with E-state index >= 15 is 0 Å². The van der Waals surface area contributed by atoms with Gasteiger partial charge < -0.3 is 10.4 Å². The van der Waals surface area contributed by atoms with Crippen LogP contribution in [-0.4, -0.2) is 23.2 Å². The Morgan fingerprint density at radius 3 is 3.06 bits per heavy atom. The first-order chi connectivity index (χ1) is 8.34. The van der Waals surface area contributed by atoms with Gasteiger partial charge in [0.2, 0.25) is 0 Å². The largest absolute Gasteiger partial charge is 0.506 e. The summed E-state index contributed by atoms with van der Waals surface area (Å²) in [5.41, 5.74) is 3.07. The van der Waals surface area contributed by atoms with E-state index in [4.69, 9.17) is 0 Å². The standard InChI is InChI=1S/C14H14N2O/c17-13-9-12(10-3-6-15-7-4-10)8-11-2-1-5-16-14(11)13/h1-3,5,8-9,15,17H,4,6-7H2. The van der Waals surface area contributed by atoms with Crippen LogP contribution in [0.4, 0.5) is 0 Å². The number of phenols is 1. The molecule has 1 aliphatic heterocycles. The maximum atomic E-state index is 9.98. The molecule has 1 aromatic heterocycles. The fraction of sp³-hybridized carbons (Fsp3) is 0.214. The monoisotopic (exact) mass is 226 g/mol. The highest BCUT2D eigenvalue weighted by molar-refractivity contribution is 5.88. The molecule has 2 heterocycles. The number of rotatable bonds is 1. The van der Waals surface area contributed by atoms with Crippen molar-refractivity contribution in [1.82, 2.24) is 10.3 Å². The minimum absolute atomic E-state index is 0.262. The van der Waals surface area contributed by atoms with Gasteiger partial charge in [0.05, 0.1) is 0 Å². The van der Waals surface area contributed by atoms with Crippen LogP contribution < -0.4 is 5.32 Å². The summed E-state index contributed by atoms with van der Waals surface area (Å²) in [6, 6.07) is 7.78. The Morgan fingerprint density at radius 1 is 1.29 bits per heavy atom. The average Bonchev–Trinajstić information content (AvgIpc) is 2.40. The SMILES string of the molecule is Oc1cc(C2=CCNCC2)cc2cccnc12. The predicted molar refractivity (Wildman–Crippen MR) is 68.9 cm³/mol. The van der Waals surface area contributed by atoms with Gasteiger partial charge in [0, 0.05) is 18.1 Å². The molecule has 0 amide bonds. The van der Waals surface area contributed by atoms with E-state index in [9.17, 15) is 5.11 Å². The number of nitrogens with zero attached hydrogens (tertiary/aromatic N) is 1. The second-order valence-corrected chi connectivity index (χ2v) is 4.25. The summed E-state index contributed by atoms with van der Waals surface area (Å²) in [4.78, 5) is 4.19. The molecule has 0 saturated carbocycles. The lowest BCUT2D eigenvalue weighted by Gasteiger charge is -2.15. The molecule has 1 aliphatic rings. The summed E-state index contributed by atoms with van der Waals surface area (Å²) in [6.07, 6.45) is 4.89. The quantitative estimate of drug-likeness (QED) is 0.784. The molecule has 0 atom stereocenters. The number of hydrogen-bond acceptors (Lipinski definition) is 3. The van der Waals surface area contributed by atoms with Gasteiger partial charge >= 0.3 is 0 Å². The van der Waals surface area contributed by atoms with Crippen molar-refractivity contribution < 1.29 is 5.11 Å². The summed E-state index contributed by atoms with van der Waals surface area (Å²) in [7, 11) is 0. The Kier molecular flexibility index (Phi) is 2.53. The van der Waals surface area contributed by atoms with Crippen molar-refractivity contribution in [3.8, 4) is 5.75 Å². The van der Waals surface area contributed by atoms with Crippen molar-refractivity contribution >= 4 is 16.5 Å². The third-order valence-electron chi connectivity index (χ3n) is 3.12. The van der Waals surface area contributed by atoms with E-state index in [1.807, 2.05) is 18.2 Å². The number of aromatic hydroxyl groups is 1. The van der Waals surface area contributed by atoms with Gasteiger partial charge in [-0.15, -0.1) is 0 Å². The van der Waals surface area contributed by atoms with Gasteiger partial charge in [-0.1, -0.05) is 12.1 Å². The van der Waals surface area contributed by atoms with Crippen LogP contribution in [0.25, 0.3) is 16.5 Å². The first kappa shape index (κ1) is 10.3. The van der Waals surface area contributed by atoms with Crippen LogP contribution in [0.5, 0.6) is 5.75 Å². The van der Waals surface area contributed by atoms with E-state index in [0.717, 1.165) is 30.5 Å². The Bertz CT molecular complexity index is 590. The van der Waals surface area contributed by atoms with Gasteiger partial charge in [0.15, 0.2) is 0 Å². The first-order valence-electron chi connectivity index (χ1n) is 5.82. The molecule has 2 N–H and O–H groups in total. The maximum absolute atomic E-state index is 9.98. The van der Waals surface area contributed by atoms with Crippen molar-refractivity contribution in [2.24, 2.45) is 0 Å². The van der Waals surface area contributed by atoms with E-state index in [2.05, 4.69) is 22.4 Å². The molecule has 0 fully saturated rings. The Labute approximate surface area is 99.8 Å². The number of nitrogens with one attached hydrogen (secondary N) is 1. The van der Waals surface area contributed by atoms with Crippen molar-refractivity contribution in [3.63, 3.8) is 0 Å². The second-order valence-electron chi connectivity index (χ2n) is 4.25. The molecule has 0 bridgehead atoms. The van der Waals surface area contributed by atoms with Crippen molar-refractivity contribution in [3.05, 3.63) is 42.1 Å². The molecular formula is C14H14N2O. The lowest BCUT2D eigenvalue weighted by molar-refractivity contribution is 0.480. The average molecular weight is 226 g/mol. The summed E-state index contributed by atoms with van der Waals surface area (Å²) in [5, 5.41) is 14.3. The number of aromatic nitrogens is 1. The van der Waals surface area contributed by atoms with Crippen LogP contribution in [0.3, 0.4) is 0 Å². The third kappa shape index (κ3) is 1.89. The van der Waals surface area contributed by atoms with E-state index in [-0.39, 0.29) is 5.75 Å². The highest BCUT2D eigenvalue weighted by atomic mass is 16.3. The van der Waals surface area contributed by atoms with Gasteiger partial charge in [0.25, 0.3) is 0 Å². The predicted octanol–water partition coefficient (Wildman–Crippen LogP) is 2.32. The molecule has 3 rings (SSSR count). The lowest BCUT2D eigenvalue weighted by atomic mass is 9.98. The number of pyridine rings is 1. The second kappa shape index (κ2) is 4.18. The molecule has 0 radical (unpaired) electrons.